The third kappa shape index (κ3) is 3.12. The highest BCUT2D eigenvalue weighted by atomic mass is 16.1. The van der Waals surface area contributed by atoms with E-state index >= 15 is 0 Å². The average molecular weight is 245 g/mol. The molecule has 1 heterocycles. The predicted octanol–water partition coefficient (Wildman–Crippen LogP) is 3.98. The van der Waals surface area contributed by atoms with Gasteiger partial charge in [-0.25, -0.2) is 0 Å². The first-order chi connectivity index (χ1) is 8.47. The van der Waals surface area contributed by atoms with E-state index in [-0.39, 0.29) is 11.3 Å². The number of carbonyl (C=O) groups is 1. The lowest BCUT2D eigenvalue weighted by atomic mass is 9.82. The lowest BCUT2D eigenvalue weighted by molar-refractivity contribution is -0.121. The molecule has 1 N–H and O–H groups in total. The molecule has 1 aromatic rings. The van der Waals surface area contributed by atoms with Crippen LogP contribution in [0.25, 0.3) is 0 Å². The number of nitrogens with one attached hydrogen (secondary N) is 1. The van der Waals surface area contributed by atoms with E-state index < -0.39 is 0 Å². The van der Waals surface area contributed by atoms with Crippen LogP contribution in [0.5, 0.6) is 0 Å². The molecule has 2 heteroatoms. The molecule has 1 unspecified atom stereocenters. The second-order valence-corrected chi connectivity index (χ2v) is 6.38. The molecule has 98 valence electrons. The number of anilines is 1. The van der Waals surface area contributed by atoms with Crippen LogP contribution in [-0.2, 0) is 4.79 Å². The summed E-state index contributed by atoms with van der Waals surface area (Å²) < 4.78 is 0. The number of rotatable bonds is 3. The van der Waals surface area contributed by atoms with Crippen molar-refractivity contribution in [3.63, 3.8) is 0 Å². The molecule has 2 rings (SSSR count). The molecular formula is C16H23NO. The summed E-state index contributed by atoms with van der Waals surface area (Å²) in [6.07, 6.45) is 2.60. The molecule has 1 atom stereocenters. The van der Waals surface area contributed by atoms with Crippen LogP contribution in [-0.4, -0.2) is 12.3 Å². The Morgan fingerprint density at radius 1 is 1.33 bits per heavy atom. The highest BCUT2D eigenvalue weighted by Crippen LogP contribution is 2.34. The quantitative estimate of drug-likeness (QED) is 0.872. The Bertz CT molecular complexity index is 431. The van der Waals surface area contributed by atoms with Gasteiger partial charge in [0.25, 0.3) is 0 Å². The molecule has 0 aromatic heterocycles. The first-order valence-electron chi connectivity index (χ1n) is 6.83. The van der Waals surface area contributed by atoms with E-state index in [9.17, 15) is 4.79 Å². The SMILES string of the molecule is CC(C)(C)CCC(=O)C1CCNc2ccccc21. The Morgan fingerprint density at radius 2 is 2.06 bits per heavy atom. The molecule has 0 saturated carbocycles. The average Bonchev–Trinajstić information content (AvgIpc) is 2.34. The molecule has 18 heavy (non-hydrogen) atoms. The lowest BCUT2D eigenvalue weighted by Gasteiger charge is -2.26. The van der Waals surface area contributed by atoms with Gasteiger partial charge in [0, 0.05) is 24.6 Å². The number of hydrogen-bond donors (Lipinski definition) is 1. The standard InChI is InChI=1S/C16H23NO/c1-16(2,3)10-8-15(18)13-9-11-17-14-7-5-4-6-12(13)14/h4-7,13,17H,8-11H2,1-3H3. The fourth-order valence-electron chi connectivity index (χ4n) is 2.48. The Labute approximate surface area is 110 Å². The maximum absolute atomic E-state index is 12.4. The number of para-hydroxylation sites is 1. The van der Waals surface area contributed by atoms with Crippen LogP contribution in [0.4, 0.5) is 5.69 Å². The van der Waals surface area contributed by atoms with Crippen LogP contribution in [0.3, 0.4) is 0 Å². The predicted molar refractivity (Wildman–Crippen MR) is 76.0 cm³/mol. The Kier molecular flexibility index (Phi) is 3.74. The molecule has 1 aromatic carbocycles. The molecule has 0 bridgehead atoms. The number of hydrogen-bond acceptors (Lipinski definition) is 2. The van der Waals surface area contributed by atoms with Crippen molar-refractivity contribution < 1.29 is 4.79 Å². The van der Waals surface area contributed by atoms with Gasteiger partial charge in [-0.2, -0.15) is 0 Å². The highest BCUT2D eigenvalue weighted by molar-refractivity contribution is 5.88. The molecule has 0 amide bonds. The molecule has 0 aliphatic carbocycles. The van der Waals surface area contributed by atoms with Gasteiger partial charge in [0.05, 0.1) is 0 Å². The van der Waals surface area contributed by atoms with Crippen LogP contribution in [0.1, 0.15) is 51.5 Å². The van der Waals surface area contributed by atoms with Crippen LogP contribution >= 0.6 is 0 Å². The van der Waals surface area contributed by atoms with Crippen molar-refractivity contribution in [3.8, 4) is 0 Å². The largest absolute Gasteiger partial charge is 0.385 e. The zero-order valence-electron chi connectivity index (χ0n) is 11.6. The summed E-state index contributed by atoms with van der Waals surface area (Å²) in [5.74, 6) is 0.503. The van der Waals surface area contributed by atoms with Crippen molar-refractivity contribution in [2.45, 2.75) is 46.0 Å². The minimum Gasteiger partial charge on any atom is -0.385 e. The zero-order chi connectivity index (χ0) is 13.2. The molecule has 1 aliphatic heterocycles. The maximum atomic E-state index is 12.4. The zero-order valence-corrected chi connectivity index (χ0v) is 11.6. The molecule has 2 nitrogen and oxygen atoms in total. The van der Waals surface area contributed by atoms with Crippen molar-refractivity contribution in [2.24, 2.45) is 5.41 Å². The van der Waals surface area contributed by atoms with Crippen LogP contribution in [0.15, 0.2) is 24.3 Å². The smallest absolute Gasteiger partial charge is 0.140 e. The number of benzene rings is 1. The van der Waals surface area contributed by atoms with Crippen molar-refractivity contribution >= 4 is 11.5 Å². The number of ketones is 1. The van der Waals surface area contributed by atoms with Crippen molar-refractivity contribution in [3.05, 3.63) is 29.8 Å². The van der Waals surface area contributed by atoms with E-state index in [1.807, 2.05) is 12.1 Å². The summed E-state index contributed by atoms with van der Waals surface area (Å²) >= 11 is 0. The number of fused-ring (bicyclic) bond motifs is 1. The van der Waals surface area contributed by atoms with Gasteiger partial charge in [0.15, 0.2) is 0 Å². The minimum absolute atomic E-state index is 0.102. The third-order valence-corrected chi connectivity index (χ3v) is 3.59. The number of Topliss-reactive ketones (excluding diaryl/α,β-unsaturated/α-hetero) is 1. The molecule has 0 fully saturated rings. The van der Waals surface area contributed by atoms with Gasteiger partial charge in [0.1, 0.15) is 5.78 Å². The van der Waals surface area contributed by atoms with Crippen LogP contribution < -0.4 is 5.32 Å². The van der Waals surface area contributed by atoms with Gasteiger partial charge in [-0.15, -0.1) is 0 Å². The Morgan fingerprint density at radius 3 is 2.78 bits per heavy atom. The Balaban J connectivity index is 2.08. The van der Waals surface area contributed by atoms with Crippen LogP contribution in [0, 0.1) is 5.41 Å². The molecule has 1 aliphatic rings. The first-order valence-corrected chi connectivity index (χ1v) is 6.83. The topological polar surface area (TPSA) is 29.1 Å². The fraction of sp³-hybridized carbons (Fsp3) is 0.562. The van der Waals surface area contributed by atoms with Gasteiger partial charge in [0.2, 0.25) is 0 Å². The normalized spacial score (nSPS) is 18.9. The van der Waals surface area contributed by atoms with Gasteiger partial charge in [-0.1, -0.05) is 39.0 Å². The summed E-state index contributed by atoms with van der Waals surface area (Å²) in [6.45, 7) is 7.48. The van der Waals surface area contributed by atoms with Gasteiger partial charge in [-0.05, 0) is 29.9 Å². The maximum Gasteiger partial charge on any atom is 0.140 e. The van der Waals surface area contributed by atoms with Crippen molar-refractivity contribution in [1.29, 1.82) is 0 Å². The highest BCUT2D eigenvalue weighted by Gasteiger charge is 2.26. The third-order valence-electron chi connectivity index (χ3n) is 3.59. The van der Waals surface area contributed by atoms with Gasteiger partial charge >= 0.3 is 0 Å². The summed E-state index contributed by atoms with van der Waals surface area (Å²) in [7, 11) is 0. The van der Waals surface area contributed by atoms with Crippen molar-refractivity contribution in [1.82, 2.24) is 0 Å². The molecule has 0 spiro atoms. The minimum atomic E-state index is 0.102. The molecule has 0 radical (unpaired) electrons. The number of carbonyl (C=O) groups excluding carboxylic acids is 1. The monoisotopic (exact) mass is 245 g/mol. The first kappa shape index (κ1) is 13.1. The summed E-state index contributed by atoms with van der Waals surface area (Å²) in [4.78, 5) is 12.4. The summed E-state index contributed by atoms with van der Waals surface area (Å²) in [5.41, 5.74) is 2.56. The second kappa shape index (κ2) is 5.13. The van der Waals surface area contributed by atoms with E-state index in [2.05, 4.69) is 38.2 Å². The van der Waals surface area contributed by atoms with Crippen LogP contribution in [0.2, 0.25) is 0 Å². The molecule has 0 saturated heterocycles. The van der Waals surface area contributed by atoms with E-state index in [4.69, 9.17) is 0 Å². The Hall–Kier alpha value is -1.31. The van der Waals surface area contributed by atoms with Gasteiger partial charge in [-0.3, -0.25) is 4.79 Å². The lowest BCUT2D eigenvalue weighted by Crippen LogP contribution is -2.23. The van der Waals surface area contributed by atoms with E-state index in [1.165, 1.54) is 5.56 Å². The van der Waals surface area contributed by atoms with E-state index in [0.717, 1.165) is 25.1 Å². The summed E-state index contributed by atoms with van der Waals surface area (Å²) in [6, 6.07) is 8.20. The van der Waals surface area contributed by atoms with Crippen molar-refractivity contribution in [2.75, 3.05) is 11.9 Å². The second-order valence-electron chi connectivity index (χ2n) is 6.38. The fourth-order valence-corrected chi connectivity index (χ4v) is 2.48. The van der Waals surface area contributed by atoms with E-state index in [0.29, 0.717) is 12.2 Å². The van der Waals surface area contributed by atoms with Gasteiger partial charge < -0.3 is 5.32 Å². The summed E-state index contributed by atoms with van der Waals surface area (Å²) in [5, 5.41) is 3.37. The molecular weight excluding hydrogens is 222 g/mol. The van der Waals surface area contributed by atoms with E-state index in [1.54, 1.807) is 0 Å².